The first-order valence-corrected chi connectivity index (χ1v) is 8.85. The van der Waals surface area contributed by atoms with Crippen molar-refractivity contribution < 1.29 is 13.9 Å². The standard InChI is InChI=1S/C18H23BrFN3O2/c1-12(20)10-23(17(24)25-18(2,3)4)11-16-21-9-15(22-16)13-5-7-14(19)8-6-13/h5-9,12H,10-11H2,1-4H3,(H,21,22). The summed E-state index contributed by atoms with van der Waals surface area (Å²) in [6.07, 6.45) is -0.0166. The zero-order valence-corrected chi connectivity index (χ0v) is 16.4. The van der Waals surface area contributed by atoms with Crippen molar-refractivity contribution in [3.05, 3.63) is 40.8 Å². The van der Waals surface area contributed by atoms with Crippen molar-refractivity contribution in [2.45, 2.75) is 46.0 Å². The maximum atomic E-state index is 13.5. The molecule has 0 aliphatic rings. The number of nitrogens with zero attached hydrogens (tertiary/aromatic N) is 2. The normalized spacial score (nSPS) is 12.7. The van der Waals surface area contributed by atoms with Gasteiger partial charge in [-0.15, -0.1) is 0 Å². The lowest BCUT2D eigenvalue weighted by Gasteiger charge is -2.27. The quantitative estimate of drug-likeness (QED) is 0.757. The van der Waals surface area contributed by atoms with Crippen LogP contribution in [-0.4, -0.2) is 39.3 Å². The van der Waals surface area contributed by atoms with Gasteiger partial charge in [-0.25, -0.2) is 14.2 Å². The molecule has 25 heavy (non-hydrogen) atoms. The van der Waals surface area contributed by atoms with E-state index in [9.17, 15) is 9.18 Å². The van der Waals surface area contributed by atoms with Gasteiger partial charge < -0.3 is 9.72 Å². The third kappa shape index (κ3) is 6.16. The van der Waals surface area contributed by atoms with Gasteiger partial charge in [-0.3, -0.25) is 4.90 Å². The Morgan fingerprint density at radius 1 is 1.36 bits per heavy atom. The SMILES string of the molecule is CC(F)CN(Cc1ncc(-c2ccc(Br)cc2)[nH]1)C(=O)OC(C)(C)C. The number of hydrogen-bond donors (Lipinski definition) is 1. The van der Waals surface area contributed by atoms with E-state index in [1.807, 2.05) is 24.3 Å². The van der Waals surface area contributed by atoms with E-state index in [0.717, 1.165) is 15.7 Å². The highest BCUT2D eigenvalue weighted by atomic mass is 79.9. The second-order valence-electron chi connectivity index (χ2n) is 6.89. The van der Waals surface area contributed by atoms with Gasteiger partial charge in [0.15, 0.2) is 0 Å². The number of carbonyl (C=O) groups excluding carboxylic acids is 1. The number of alkyl halides is 1. The largest absolute Gasteiger partial charge is 0.444 e. The van der Waals surface area contributed by atoms with Gasteiger partial charge in [0.1, 0.15) is 17.6 Å². The average molecular weight is 412 g/mol. The number of halogens is 2. The molecule has 2 rings (SSSR count). The monoisotopic (exact) mass is 411 g/mol. The molecule has 0 fully saturated rings. The molecule has 0 saturated carbocycles. The lowest BCUT2D eigenvalue weighted by molar-refractivity contribution is 0.0187. The molecule has 0 bridgehead atoms. The van der Waals surface area contributed by atoms with Crippen LogP contribution in [0.25, 0.3) is 11.3 Å². The summed E-state index contributed by atoms with van der Waals surface area (Å²) in [6, 6.07) is 7.79. The van der Waals surface area contributed by atoms with Crippen LogP contribution >= 0.6 is 15.9 Å². The fourth-order valence-corrected chi connectivity index (χ4v) is 2.50. The van der Waals surface area contributed by atoms with E-state index in [0.29, 0.717) is 5.82 Å². The zero-order chi connectivity index (χ0) is 18.6. The van der Waals surface area contributed by atoms with Crippen LogP contribution in [0.3, 0.4) is 0 Å². The Morgan fingerprint density at radius 2 is 2.00 bits per heavy atom. The lowest BCUT2D eigenvalue weighted by atomic mass is 10.2. The minimum atomic E-state index is -1.16. The van der Waals surface area contributed by atoms with Gasteiger partial charge in [-0.2, -0.15) is 0 Å². The van der Waals surface area contributed by atoms with Crippen molar-refractivity contribution in [2.24, 2.45) is 0 Å². The number of aromatic amines is 1. The minimum Gasteiger partial charge on any atom is -0.444 e. The van der Waals surface area contributed by atoms with E-state index in [-0.39, 0.29) is 13.1 Å². The first-order chi connectivity index (χ1) is 11.6. The molecule has 1 aromatic heterocycles. The summed E-state index contributed by atoms with van der Waals surface area (Å²) in [7, 11) is 0. The molecule has 1 N–H and O–H groups in total. The topological polar surface area (TPSA) is 58.2 Å². The van der Waals surface area contributed by atoms with Crippen LogP contribution in [0.1, 0.15) is 33.5 Å². The molecule has 0 saturated heterocycles. The molecule has 5 nitrogen and oxygen atoms in total. The second-order valence-corrected chi connectivity index (χ2v) is 7.81. The maximum Gasteiger partial charge on any atom is 0.410 e. The van der Waals surface area contributed by atoms with Crippen LogP contribution in [0.4, 0.5) is 9.18 Å². The van der Waals surface area contributed by atoms with Crippen LogP contribution in [0.2, 0.25) is 0 Å². The first kappa shape index (κ1) is 19.4. The molecule has 0 radical (unpaired) electrons. The third-order valence-corrected chi connectivity index (χ3v) is 3.78. The Kier molecular flexibility index (Phi) is 6.21. The van der Waals surface area contributed by atoms with E-state index in [1.165, 1.54) is 11.8 Å². The number of benzene rings is 1. The number of ether oxygens (including phenoxy) is 1. The van der Waals surface area contributed by atoms with Gasteiger partial charge >= 0.3 is 6.09 Å². The Labute approximate surface area is 155 Å². The Hall–Kier alpha value is -1.89. The number of aromatic nitrogens is 2. The van der Waals surface area contributed by atoms with Crippen molar-refractivity contribution in [3.8, 4) is 11.3 Å². The van der Waals surface area contributed by atoms with Crippen LogP contribution in [0.15, 0.2) is 34.9 Å². The molecule has 2 aromatic rings. The summed E-state index contributed by atoms with van der Waals surface area (Å²) in [4.78, 5) is 21.1. The maximum absolute atomic E-state index is 13.5. The predicted molar refractivity (Wildman–Crippen MR) is 98.9 cm³/mol. The Morgan fingerprint density at radius 3 is 2.56 bits per heavy atom. The highest BCUT2D eigenvalue weighted by molar-refractivity contribution is 9.10. The molecule has 1 heterocycles. The number of nitrogens with one attached hydrogen (secondary N) is 1. The fourth-order valence-electron chi connectivity index (χ4n) is 2.23. The third-order valence-electron chi connectivity index (χ3n) is 3.25. The van der Waals surface area contributed by atoms with Gasteiger partial charge in [-0.1, -0.05) is 28.1 Å². The summed E-state index contributed by atoms with van der Waals surface area (Å²) < 4.78 is 19.8. The first-order valence-electron chi connectivity index (χ1n) is 8.06. The fraction of sp³-hybridized carbons (Fsp3) is 0.444. The van der Waals surface area contributed by atoms with Crippen molar-refractivity contribution in [1.29, 1.82) is 0 Å². The molecule has 0 aliphatic heterocycles. The number of rotatable bonds is 5. The van der Waals surface area contributed by atoms with Crippen molar-refractivity contribution in [3.63, 3.8) is 0 Å². The number of amides is 1. The molecule has 7 heteroatoms. The lowest BCUT2D eigenvalue weighted by Crippen LogP contribution is -2.39. The van der Waals surface area contributed by atoms with E-state index in [2.05, 4.69) is 25.9 Å². The summed E-state index contributed by atoms with van der Waals surface area (Å²) in [6.45, 7) is 6.84. The van der Waals surface area contributed by atoms with E-state index >= 15 is 0 Å². The Bertz CT molecular complexity index is 708. The van der Waals surface area contributed by atoms with E-state index in [4.69, 9.17) is 4.74 Å². The number of imidazole rings is 1. The summed E-state index contributed by atoms with van der Waals surface area (Å²) in [5.41, 5.74) is 1.17. The molecule has 1 atom stereocenters. The van der Waals surface area contributed by atoms with Gasteiger partial charge in [0.05, 0.1) is 25.0 Å². The number of hydrogen-bond acceptors (Lipinski definition) is 3. The summed E-state index contributed by atoms with van der Waals surface area (Å²) >= 11 is 3.40. The predicted octanol–water partition coefficient (Wildman–Crippen LogP) is 4.93. The minimum absolute atomic E-state index is 0.0524. The molecule has 1 unspecified atom stereocenters. The van der Waals surface area contributed by atoms with Crippen molar-refractivity contribution >= 4 is 22.0 Å². The van der Waals surface area contributed by atoms with E-state index in [1.54, 1.807) is 27.0 Å². The van der Waals surface area contributed by atoms with Gasteiger partial charge in [0.25, 0.3) is 0 Å². The highest BCUT2D eigenvalue weighted by Crippen LogP contribution is 2.21. The molecule has 1 amide bonds. The number of carbonyl (C=O) groups is 1. The molecular formula is C18H23BrFN3O2. The Balaban J connectivity index is 2.13. The molecule has 136 valence electrons. The number of H-pyrrole nitrogens is 1. The van der Waals surface area contributed by atoms with Gasteiger partial charge in [0.2, 0.25) is 0 Å². The van der Waals surface area contributed by atoms with Crippen LogP contribution in [0, 0.1) is 0 Å². The second kappa shape index (κ2) is 7.99. The van der Waals surface area contributed by atoms with Gasteiger partial charge in [-0.05, 0) is 45.4 Å². The average Bonchev–Trinajstić information content (AvgIpc) is 2.93. The molecule has 0 spiro atoms. The van der Waals surface area contributed by atoms with Crippen LogP contribution in [-0.2, 0) is 11.3 Å². The van der Waals surface area contributed by atoms with Crippen molar-refractivity contribution in [1.82, 2.24) is 14.9 Å². The van der Waals surface area contributed by atoms with Crippen molar-refractivity contribution in [2.75, 3.05) is 6.54 Å². The smallest absolute Gasteiger partial charge is 0.410 e. The van der Waals surface area contributed by atoms with Gasteiger partial charge in [0, 0.05) is 4.47 Å². The van der Waals surface area contributed by atoms with E-state index < -0.39 is 17.9 Å². The molecule has 0 aliphatic carbocycles. The van der Waals surface area contributed by atoms with Crippen LogP contribution < -0.4 is 0 Å². The summed E-state index contributed by atoms with van der Waals surface area (Å²) in [5.74, 6) is 0.574. The molecule has 1 aromatic carbocycles. The highest BCUT2D eigenvalue weighted by Gasteiger charge is 2.24. The summed E-state index contributed by atoms with van der Waals surface area (Å²) in [5, 5.41) is 0. The van der Waals surface area contributed by atoms with Crippen LogP contribution in [0.5, 0.6) is 0 Å². The zero-order valence-electron chi connectivity index (χ0n) is 14.8. The molecular weight excluding hydrogens is 389 g/mol.